The molecule has 0 aliphatic rings. The number of aliphatic hydroxyl groups excluding tert-OH is 2. The maximum absolute atomic E-state index is 12.9. The number of hydrogen-bond acceptors (Lipinski definition) is 14. The van der Waals surface area contributed by atoms with Gasteiger partial charge in [0.2, 0.25) is 0 Å². The SMILES string of the molecule is CC/C=C\C/C=C\C/C=C\C/C=C\C/C=C\C/C=C\CCCCC(=O)OCC(O)COP(=O)(O)OCC(O)COP(=O)(O)OCC(COC(=O)CCCCCCCC/C=C\C/C=C\C/C=C\CCCCC)OC(=O)CCCCCCC/C=C\C/C=C\C/C=C\CC. The maximum atomic E-state index is 12.9. The van der Waals surface area contributed by atoms with Crippen molar-refractivity contribution in [1.82, 2.24) is 0 Å². The van der Waals surface area contributed by atoms with Crippen LogP contribution >= 0.6 is 15.6 Å². The van der Waals surface area contributed by atoms with Crippen molar-refractivity contribution in [3.05, 3.63) is 146 Å². The fraction of sp³-hybridized carbons (Fsp3) is 0.630. The third-order valence-corrected chi connectivity index (χ3v) is 15.4. The Morgan fingerprint density at radius 2 is 0.582 bits per heavy atom. The highest BCUT2D eigenvalue weighted by molar-refractivity contribution is 7.47. The standard InChI is InChI=1S/C73H120O16P2/c1-4-7-10-13-16-19-22-25-28-30-32-33-35-37-39-41-44-47-50-53-56-59-71(76)83-62-68(74)63-85-90(79,80)86-64-69(75)65-87-91(81,82)88-67-70(89-73(78)61-58-55-52-49-46-43-38-27-24-21-18-15-12-9-6-3)66-84-72(77)60-57-54-51-48-45-42-40-36-34-31-29-26-23-20-17-14-11-8-5-2/h7,9-10,12,16-21,25-29,32-34,36-39,44,47,68-70,74-75H,4-6,8,11,13-15,22-24,30-31,35,40-43,45-46,48-67H2,1-3H3,(H,79,80)(H,81,82)/b10-7-,12-9-,19-16-,20-17-,21-18-,28-25-,29-26-,33-32-,36-34-,38-27-,39-37-,47-44-. The van der Waals surface area contributed by atoms with E-state index in [1.165, 1.54) is 19.3 Å². The average Bonchev–Trinajstić information content (AvgIpc) is 3.09. The Kier molecular flexibility index (Phi) is 62.2. The van der Waals surface area contributed by atoms with Crippen molar-refractivity contribution in [2.45, 2.75) is 257 Å². The van der Waals surface area contributed by atoms with Crippen LogP contribution in [0.3, 0.4) is 0 Å². The third-order valence-electron chi connectivity index (χ3n) is 13.5. The molecule has 0 aromatic rings. The minimum Gasteiger partial charge on any atom is -0.463 e. The molecule has 0 radical (unpaired) electrons. The van der Waals surface area contributed by atoms with Gasteiger partial charge in [-0.3, -0.25) is 32.5 Å². The van der Waals surface area contributed by atoms with E-state index in [2.05, 4.69) is 167 Å². The van der Waals surface area contributed by atoms with Crippen LogP contribution < -0.4 is 0 Å². The monoisotopic (exact) mass is 1310 g/mol. The van der Waals surface area contributed by atoms with Gasteiger partial charge in [0.1, 0.15) is 25.4 Å². The molecule has 0 saturated heterocycles. The number of unbranched alkanes of at least 4 members (excludes halogenated alkanes) is 16. The number of aliphatic hydroxyl groups is 2. The summed E-state index contributed by atoms with van der Waals surface area (Å²) in [7, 11) is -9.81. The number of hydrogen-bond donors (Lipinski definition) is 4. The molecule has 0 aliphatic carbocycles. The normalized spacial score (nSPS) is 15.1. The molecule has 4 N–H and O–H groups in total. The summed E-state index contributed by atoms with van der Waals surface area (Å²) in [5.41, 5.74) is 0. The number of phosphoric acid groups is 2. The number of carbonyl (C=O) groups is 3. The van der Waals surface area contributed by atoms with Gasteiger partial charge in [-0.15, -0.1) is 0 Å². The molecule has 0 amide bonds. The third kappa shape index (κ3) is 66.7. The first kappa shape index (κ1) is 86.4. The lowest BCUT2D eigenvalue weighted by Gasteiger charge is -2.21. The first-order valence-electron chi connectivity index (χ1n) is 34.1. The molecule has 0 aromatic heterocycles. The Bertz CT molecular complexity index is 2240. The average molecular weight is 1320 g/mol. The van der Waals surface area contributed by atoms with Crippen LogP contribution in [-0.2, 0) is 55.8 Å². The first-order chi connectivity index (χ1) is 44.2. The smallest absolute Gasteiger partial charge is 0.463 e. The number of phosphoric ester groups is 2. The van der Waals surface area contributed by atoms with E-state index in [1.807, 2.05) is 0 Å². The van der Waals surface area contributed by atoms with Gasteiger partial charge in [-0.1, -0.05) is 224 Å². The van der Waals surface area contributed by atoms with Crippen LogP contribution in [-0.4, -0.2) is 95.9 Å². The molecule has 0 bridgehead atoms. The maximum Gasteiger partial charge on any atom is 0.472 e. The molecule has 18 heteroatoms. The Hall–Kier alpha value is -4.57. The zero-order valence-corrected chi connectivity index (χ0v) is 57.7. The van der Waals surface area contributed by atoms with Crippen molar-refractivity contribution >= 4 is 33.6 Å². The van der Waals surface area contributed by atoms with Gasteiger partial charge in [0, 0.05) is 19.3 Å². The number of allylic oxidation sites excluding steroid dienone is 24. The lowest BCUT2D eigenvalue weighted by Crippen LogP contribution is -2.30. The molecule has 5 unspecified atom stereocenters. The van der Waals surface area contributed by atoms with Crippen LogP contribution in [0.5, 0.6) is 0 Å². The largest absolute Gasteiger partial charge is 0.472 e. The van der Waals surface area contributed by atoms with Crippen molar-refractivity contribution < 1.29 is 75.8 Å². The van der Waals surface area contributed by atoms with Crippen molar-refractivity contribution in [3.63, 3.8) is 0 Å². The van der Waals surface area contributed by atoms with E-state index in [9.17, 15) is 43.5 Å². The van der Waals surface area contributed by atoms with Gasteiger partial charge in [-0.05, 0) is 141 Å². The van der Waals surface area contributed by atoms with Gasteiger partial charge in [-0.25, -0.2) is 9.13 Å². The number of carbonyl (C=O) groups excluding carboxylic acids is 3. The summed E-state index contributed by atoms with van der Waals surface area (Å²) >= 11 is 0. The molecule has 16 nitrogen and oxygen atoms in total. The van der Waals surface area contributed by atoms with Crippen LogP contribution in [0.15, 0.2) is 146 Å². The molecule has 0 rings (SSSR count). The summed E-state index contributed by atoms with van der Waals surface area (Å²) in [6.07, 6.45) is 77.5. The second-order valence-electron chi connectivity index (χ2n) is 22.2. The number of rotatable bonds is 63. The molecule has 5 atom stereocenters. The predicted octanol–water partition coefficient (Wildman–Crippen LogP) is 19.0. The van der Waals surface area contributed by atoms with Gasteiger partial charge in [-0.2, -0.15) is 0 Å². The summed E-state index contributed by atoms with van der Waals surface area (Å²) in [6, 6.07) is 0. The molecule has 0 fully saturated rings. The number of esters is 3. The molecule has 0 heterocycles. The molecule has 0 spiro atoms. The summed E-state index contributed by atoms with van der Waals surface area (Å²) in [5, 5.41) is 20.5. The zero-order valence-electron chi connectivity index (χ0n) is 56.0. The molecule has 91 heavy (non-hydrogen) atoms. The summed E-state index contributed by atoms with van der Waals surface area (Å²) in [6.45, 7) is 2.30. The Labute approximate surface area is 549 Å². The van der Waals surface area contributed by atoms with E-state index in [4.69, 9.17) is 32.3 Å². The Balaban J connectivity index is 4.74. The van der Waals surface area contributed by atoms with E-state index in [0.717, 1.165) is 161 Å². The highest BCUT2D eigenvalue weighted by Gasteiger charge is 2.29. The Morgan fingerprint density at radius 1 is 0.319 bits per heavy atom. The molecule has 518 valence electrons. The Morgan fingerprint density at radius 3 is 0.945 bits per heavy atom. The van der Waals surface area contributed by atoms with E-state index < -0.39 is 91.5 Å². The van der Waals surface area contributed by atoms with Crippen molar-refractivity contribution in [1.29, 1.82) is 0 Å². The summed E-state index contributed by atoms with van der Waals surface area (Å²) < 4.78 is 60.8. The van der Waals surface area contributed by atoms with Crippen LogP contribution in [0.1, 0.15) is 239 Å². The van der Waals surface area contributed by atoms with E-state index >= 15 is 0 Å². The highest BCUT2D eigenvalue weighted by atomic mass is 31.2. The van der Waals surface area contributed by atoms with E-state index in [1.54, 1.807) is 0 Å². The van der Waals surface area contributed by atoms with Gasteiger partial charge < -0.3 is 34.2 Å². The van der Waals surface area contributed by atoms with E-state index in [0.29, 0.717) is 19.3 Å². The van der Waals surface area contributed by atoms with Crippen LogP contribution in [0.25, 0.3) is 0 Å². The van der Waals surface area contributed by atoms with Gasteiger partial charge in [0.25, 0.3) is 0 Å². The second-order valence-corrected chi connectivity index (χ2v) is 25.1. The molecule has 0 aliphatic heterocycles. The van der Waals surface area contributed by atoms with Crippen LogP contribution in [0, 0.1) is 0 Å². The number of ether oxygens (including phenoxy) is 3. The first-order valence-corrected chi connectivity index (χ1v) is 37.1. The van der Waals surface area contributed by atoms with Gasteiger partial charge in [0.15, 0.2) is 6.10 Å². The molecular weight excluding hydrogens is 1190 g/mol. The van der Waals surface area contributed by atoms with Crippen molar-refractivity contribution in [2.75, 3.05) is 39.6 Å². The molecular formula is C73H120O16P2. The second kappa shape index (κ2) is 65.5. The lowest BCUT2D eigenvalue weighted by molar-refractivity contribution is -0.161. The van der Waals surface area contributed by atoms with Gasteiger partial charge >= 0.3 is 33.6 Å². The predicted molar refractivity (Wildman–Crippen MR) is 371 cm³/mol. The molecule has 0 saturated carbocycles. The van der Waals surface area contributed by atoms with Crippen molar-refractivity contribution in [2.24, 2.45) is 0 Å². The fourth-order valence-electron chi connectivity index (χ4n) is 8.36. The minimum absolute atomic E-state index is 0.0761. The minimum atomic E-state index is -4.94. The van der Waals surface area contributed by atoms with Crippen LogP contribution in [0.4, 0.5) is 0 Å². The topological polar surface area (TPSA) is 231 Å². The fourth-order valence-corrected chi connectivity index (χ4v) is 9.94. The summed E-state index contributed by atoms with van der Waals surface area (Å²) in [5.74, 6) is -1.66. The van der Waals surface area contributed by atoms with Crippen LogP contribution in [0.2, 0.25) is 0 Å². The highest BCUT2D eigenvalue weighted by Crippen LogP contribution is 2.45. The van der Waals surface area contributed by atoms with Gasteiger partial charge in [0.05, 0.1) is 26.4 Å². The quantitative estimate of drug-likeness (QED) is 0.0146. The summed E-state index contributed by atoms with van der Waals surface area (Å²) in [4.78, 5) is 58.4. The van der Waals surface area contributed by atoms with E-state index in [-0.39, 0.29) is 19.3 Å². The lowest BCUT2D eigenvalue weighted by atomic mass is 10.1. The van der Waals surface area contributed by atoms with Crippen molar-refractivity contribution in [3.8, 4) is 0 Å². The zero-order chi connectivity index (χ0) is 66.7. The molecule has 0 aromatic carbocycles.